The lowest BCUT2D eigenvalue weighted by molar-refractivity contribution is -0.0812. The van der Waals surface area contributed by atoms with Gasteiger partial charge in [0.2, 0.25) is 5.95 Å². The molecule has 4 rings (SSSR count). The van der Waals surface area contributed by atoms with E-state index >= 15 is 0 Å². The van der Waals surface area contributed by atoms with Crippen LogP contribution < -0.4 is 10.1 Å². The second-order valence-corrected chi connectivity index (χ2v) is 7.19. The van der Waals surface area contributed by atoms with Crippen molar-refractivity contribution in [1.82, 2.24) is 24.7 Å². The molecule has 134 valence electrons. The molecule has 1 unspecified atom stereocenters. The van der Waals surface area contributed by atoms with E-state index in [2.05, 4.69) is 25.4 Å². The number of nitrogens with one attached hydrogen (secondary N) is 2. The summed E-state index contributed by atoms with van der Waals surface area (Å²) in [7, 11) is 0. The molecular weight excluding hydrogens is 358 g/mol. The van der Waals surface area contributed by atoms with E-state index in [4.69, 9.17) is 14.7 Å². The minimum atomic E-state index is -1.05. The summed E-state index contributed by atoms with van der Waals surface area (Å²) >= 11 is -1.05. The van der Waals surface area contributed by atoms with Gasteiger partial charge in [0.25, 0.3) is 5.88 Å². The van der Waals surface area contributed by atoms with E-state index in [1.807, 2.05) is 6.07 Å². The third kappa shape index (κ3) is 3.43. The number of aromatic nitrogens is 5. The number of ether oxygens (including phenoxy) is 2. The Morgan fingerprint density at radius 3 is 3.12 bits per heavy atom. The van der Waals surface area contributed by atoms with E-state index in [0.717, 1.165) is 5.39 Å². The highest BCUT2D eigenvalue weighted by Gasteiger charge is 2.24. The van der Waals surface area contributed by atoms with Crippen LogP contribution in [-0.2, 0) is 21.8 Å². The van der Waals surface area contributed by atoms with Crippen LogP contribution in [-0.4, -0.2) is 54.9 Å². The Hall–Kier alpha value is -2.81. The van der Waals surface area contributed by atoms with Crippen LogP contribution in [0.15, 0.2) is 18.5 Å². The van der Waals surface area contributed by atoms with E-state index in [1.54, 1.807) is 29.4 Å². The molecule has 3 aromatic heterocycles. The minimum Gasteiger partial charge on any atom is -0.615 e. The molecule has 1 aliphatic rings. The topological polar surface area (TPSA) is 137 Å². The molecule has 0 aliphatic carbocycles. The van der Waals surface area contributed by atoms with Crippen LogP contribution in [0.1, 0.15) is 5.69 Å². The van der Waals surface area contributed by atoms with Crippen LogP contribution in [0, 0.1) is 11.3 Å². The maximum absolute atomic E-state index is 11.5. The van der Waals surface area contributed by atoms with E-state index in [0.29, 0.717) is 42.1 Å². The summed E-state index contributed by atoms with van der Waals surface area (Å²) in [6, 6.07) is 3.71. The molecule has 10 nitrogen and oxygen atoms in total. The number of aromatic amines is 1. The molecule has 0 bridgehead atoms. The Morgan fingerprint density at radius 1 is 1.58 bits per heavy atom. The molecule has 1 fully saturated rings. The van der Waals surface area contributed by atoms with Gasteiger partial charge in [0.15, 0.2) is 5.88 Å². The molecular formula is C15H15N7O3S. The standard InChI is InChI=1S/C15H15N7O3S/c1-26(23)8-22-5-12(14(21-22)25-11-6-24-7-11)19-15-17-4-9-2-10(3-16)18-13(9)20-15/h2,4-5,11H,6-8H2,1H3,(H2,17,18,19,20). The van der Waals surface area contributed by atoms with Crippen LogP contribution in [0.2, 0.25) is 0 Å². The molecule has 0 saturated carbocycles. The Balaban J connectivity index is 1.60. The molecule has 1 atom stereocenters. The lowest BCUT2D eigenvalue weighted by Gasteiger charge is -2.25. The number of rotatable bonds is 6. The van der Waals surface area contributed by atoms with Crippen molar-refractivity contribution in [2.75, 3.05) is 24.8 Å². The number of nitrogens with zero attached hydrogens (tertiary/aromatic N) is 5. The smallest absolute Gasteiger partial charge is 0.257 e. The molecule has 2 N–H and O–H groups in total. The number of hydrogen-bond donors (Lipinski definition) is 2. The van der Waals surface area contributed by atoms with Crippen molar-refractivity contribution >= 4 is 33.8 Å². The van der Waals surface area contributed by atoms with Crippen molar-refractivity contribution in [3.8, 4) is 11.9 Å². The quantitative estimate of drug-likeness (QED) is 0.608. The Morgan fingerprint density at radius 2 is 2.42 bits per heavy atom. The predicted octanol–water partition coefficient (Wildman–Crippen LogP) is 0.883. The lowest BCUT2D eigenvalue weighted by atomic mass is 10.3. The fourth-order valence-corrected chi connectivity index (χ4v) is 2.93. The summed E-state index contributed by atoms with van der Waals surface area (Å²) in [5.74, 6) is 0.953. The first-order valence-corrected chi connectivity index (χ1v) is 9.48. The van der Waals surface area contributed by atoms with Gasteiger partial charge in [-0.15, -0.1) is 5.10 Å². The van der Waals surface area contributed by atoms with Gasteiger partial charge in [-0.1, -0.05) is 0 Å². The van der Waals surface area contributed by atoms with Crippen molar-refractivity contribution in [2.45, 2.75) is 12.0 Å². The van der Waals surface area contributed by atoms with E-state index in [-0.39, 0.29) is 12.0 Å². The summed E-state index contributed by atoms with van der Waals surface area (Å²) in [4.78, 5) is 11.5. The largest absolute Gasteiger partial charge is 0.615 e. The van der Waals surface area contributed by atoms with Crippen molar-refractivity contribution in [3.63, 3.8) is 0 Å². The highest BCUT2D eigenvalue weighted by molar-refractivity contribution is 7.89. The average molecular weight is 373 g/mol. The summed E-state index contributed by atoms with van der Waals surface area (Å²) in [5, 5.41) is 17.1. The summed E-state index contributed by atoms with van der Waals surface area (Å²) < 4.78 is 23.9. The van der Waals surface area contributed by atoms with Gasteiger partial charge in [-0.3, -0.25) is 0 Å². The monoisotopic (exact) mass is 373 g/mol. The zero-order valence-corrected chi connectivity index (χ0v) is 14.6. The molecule has 1 saturated heterocycles. The molecule has 26 heavy (non-hydrogen) atoms. The van der Waals surface area contributed by atoms with Gasteiger partial charge in [0.05, 0.1) is 25.7 Å². The number of nitriles is 1. The molecule has 0 aromatic carbocycles. The van der Waals surface area contributed by atoms with Crippen molar-refractivity contribution in [2.24, 2.45) is 0 Å². The zero-order valence-electron chi connectivity index (χ0n) is 13.8. The maximum atomic E-state index is 11.5. The van der Waals surface area contributed by atoms with Gasteiger partial charge >= 0.3 is 0 Å². The van der Waals surface area contributed by atoms with Gasteiger partial charge in [0, 0.05) is 11.6 Å². The maximum Gasteiger partial charge on any atom is 0.257 e. The third-order valence-corrected chi connectivity index (χ3v) is 4.29. The van der Waals surface area contributed by atoms with Gasteiger partial charge in [-0.05, 0) is 17.2 Å². The van der Waals surface area contributed by atoms with Crippen LogP contribution in [0.25, 0.3) is 11.0 Å². The van der Waals surface area contributed by atoms with Gasteiger partial charge < -0.3 is 24.3 Å². The molecule has 11 heteroatoms. The van der Waals surface area contributed by atoms with Crippen molar-refractivity contribution in [1.29, 1.82) is 5.26 Å². The summed E-state index contributed by atoms with van der Waals surface area (Å²) in [6.45, 7) is 1.02. The zero-order chi connectivity index (χ0) is 18.1. The number of anilines is 2. The molecule has 0 spiro atoms. The lowest BCUT2D eigenvalue weighted by Crippen LogP contribution is -2.38. The first-order chi connectivity index (χ1) is 12.6. The van der Waals surface area contributed by atoms with E-state index in [9.17, 15) is 4.55 Å². The van der Waals surface area contributed by atoms with Gasteiger partial charge in [-0.25, -0.2) is 9.67 Å². The Labute approximate surface area is 151 Å². The molecule has 1 aliphatic heterocycles. The Kier molecular flexibility index (Phi) is 4.37. The van der Waals surface area contributed by atoms with E-state index in [1.165, 1.54) is 0 Å². The van der Waals surface area contributed by atoms with Crippen LogP contribution in [0.5, 0.6) is 5.88 Å². The van der Waals surface area contributed by atoms with Gasteiger partial charge in [-0.2, -0.15) is 10.2 Å². The molecule has 0 amide bonds. The Bertz CT molecular complexity index is 973. The predicted molar refractivity (Wildman–Crippen MR) is 93.4 cm³/mol. The normalized spacial score (nSPS) is 15.4. The summed E-state index contributed by atoms with van der Waals surface area (Å²) in [6.07, 6.45) is 4.85. The third-order valence-electron chi connectivity index (χ3n) is 3.66. The first kappa shape index (κ1) is 16.6. The average Bonchev–Trinajstić information content (AvgIpc) is 3.13. The SMILES string of the molecule is C[S+]([O-])Cn1cc(Nc2ncc3cc(C#N)[nH]c3n2)c(OC2COC2)n1. The fraction of sp³-hybridized carbons (Fsp3) is 0.333. The van der Waals surface area contributed by atoms with E-state index < -0.39 is 11.2 Å². The minimum absolute atomic E-state index is 0.0592. The van der Waals surface area contributed by atoms with Crippen LogP contribution >= 0.6 is 0 Å². The highest BCUT2D eigenvalue weighted by Crippen LogP contribution is 2.28. The van der Waals surface area contributed by atoms with Crippen molar-refractivity contribution < 1.29 is 14.0 Å². The number of fused-ring (bicyclic) bond motifs is 1. The van der Waals surface area contributed by atoms with Crippen LogP contribution in [0.3, 0.4) is 0 Å². The molecule has 0 radical (unpaired) electrons. The number of H-pyrrole nitrogens is 1. The molecule has 3 aromatic rings. The second kappa shape index (κ2) is 6.83. The number of hydrogen-bond acceptors (Lipinski definition) is 8. The first-order valence-electron chi connectivity index (χ1n) is 7.75. The second-order valence-electron chi connectivity index (χ2n) is 5.78. The highest BCUT2D eigenvalue weighted by atomic mass is 32.2. The van der Waals surface area contributed by atoms with Crippen molar-refractivity contribution in [3.05, 3.63) is 24.2 Å². The van der Waals surface area contributed by atoms with Crippen LogP contribution in [0.4, 0.5) is 11.6 Å². The summed E-state index contributed by atoms with van der Waals surface area (Å²) in [5.41, 5.74) is 1.53. The molecule has 4 heterocycles. The van der Waals surface area contributed by atoms with Gasteiger partial charge in [0.1, 0.15) is 29.2 Å². The fourth-order valence-electron chi connectivity index (χ4n) is 2.43.